The van der Waals surface area contributed by atoms with Crippen LogP contribution in [0.3, 0.4) is 0 Å². The zero-order chi connectivity index (χ0) is 14.9. The van der Waals surface area contributed by atoms with E-state index in [0.29, 0.717) is 5.91 Å². The predicted octanol–water partition coefficient (Wildman–Crippen LogP) is 1.40. The minimum atomic E-state index is 0.180. The lowest BCUT2D eigenvalue weighted by Crippen LogP contribution is -2.35. The minimum absolute atomic E-state index is 0.180. The van der Waals surface area contributed by atoms with Gasteiger partial charge in [-0.1, -0.05) is 0 Å². The van der Waals surface area contributed by atoms with Crippen LogP contribution in [0.2, 0.25) is 0 Å². The molecule has 116 valence electrons. The number of hydrogen-bond donors (Lipinski definition) is 1. The van der Waals surface area contributed by atoms with Crippen LogP contribution in [0.5, 0.6) is 0 Å². The number of likely N-dealkylation sites (tertiary alicyclic amines) is 2. The Bertz CT molecular complexity index is 676. The minimum Gasteiger partial charge on any atom is -0.346 e. The fourth-order valence-electron chi connectivity index (χ4n) is 3.66. The van der Waals surface area contributed by atoms with Gasteiger partial charge in [0.15, 0.2) is 0 Å². The second-order valence-corrected chi connectivity index (χ2v) is 6.35. The highest BCUT2D eigenvalue weighted by molar-refractivity contribution is 5.80. The maximum Gasteiger partial charge on any atom is 0.227 e. The van der Waals surface area contributed by atoms with Crippen LogP contribution in [0.1, 0.15) is 24.8 Å². The lowest BCUT2D eigenvalue weighted by molar-refractivity contribution is -0.134. The molecule has 0 radical (unpaired) electrons. The van der Waals surface area contributed by atoms with Crippen molar-refractivity contribution in [3.05, 3.63) is 24.3 Å². The molecule has 0 bridgehead atoms. The highest BCUT2D eigenvalue weighted by atomic mass is 16.2. The maximum atomic E-state index is 12.5. The second kappa shape index (κ2) is 5.68. The van der Waals surface area contributed by atoms with Gasteiger partial charge in [0.25, 0.3) is 0 Å². The molecule has 0 aliphatic carbocycles. The summed E-state index contributed by atoms with van der Waals surface area (Å²) in [6, 6.07) is 0. The van der Waals surface area contributed by atoms with Crippen molar-refractivity contribution < 1.29 is 4.79 Å². The van der Waals surface area contributed by atoms with Gasteiger partial charge < -0.3 is 9.88 Å². The largest absolute Gasteiger partial charge is 0.346 e. The average molecular weight is 299 g/mol. The van der Waals surface area contributed by atoms with E-state index >= 15 is 0 Å². The Balaban J connectivity index is 1.41. The van der Waals surface area contributed by atoms with Crippen LogP contribution >= 0.6 is 0 Å². The Morgan fingerprint density at radius 2 is 2.18 bits per heavy atom. The maximum absolute atomic E-state index is 12.5. The van der Waals surface area contributed by atoms with Crippen LogP contribution in [0, 0.1) is 5.92 Å². The van der Waals surface area contributed by atoms with Gasteiger partial charge in [0, 0.05) is 44.0 Å². The molecule has 2 saturated heterocycles. The Hall–Kier alpha value is -1.95. The van der Waals surface area contributed by atoms with E-state index in [1.807, 2.05) is 17.3 Å². The number of nitrogens with zero attached hydrogens (tertiary/aromatic N) is 4. The molecule has 1 amide bonds. The SMILES string of the molecule is O=C(C1CCN(Cc2c[nH]c3ncncc23)C1)N1CCCC1. The van der Waals surface area contributed by atoms with E-state index in [2.05, 4.69) is 19.9 Å². The van der Waals surface area contributed by atoms with Gasteiger partial charge in [-0.2, -0.15) is 0 Å². The average Bonchev–Trinajstić information content (AvgIpc) is 3.28. The van der Waals surface area contributed by atoms with E-state index in [1.54, 1.807) is 6.33 Å². The molecular formula is C16H21N5O. The van der Waals surface area contributed by atoms with Crippen LogP contribution in [0.4, 0.5) is 0 Å². The zero-order valence-electron chi connectivity index (χ0n) is 12.7. The first kappa shape index (κ1) is 13.7. The Labute approximate surface area is 129 Å². The van der Waals surface area contributed by atoms with Crippen LogP contribution in [-0.4, -0.2) is 56.8 Å². The molecule has 2 aromatic heterocycles. The van der Waals surface area contributed by atoms with Crippen molar-refractivity contribution in [2.45, 2.75) is 25.8 Å². The lowest BCUT2D eigenvalue weighted by Gasteiger charge is -2.20. The van der Waals surface area contributed by atoms with Crippen molar-refractivity contribution in [3.8, 4) is 0 Å². The summed E-state index contributed by atoms with van der Waals surface area (Å²) in [5, 5.41) is 1.08. The van der Waals surface area contributed by atoms with Gasteiger partial charge in [0.1, 0.15) is 12.0 Å². The third-order valence-corrected chi connectivity index (χ3v) is 4.87. The number of H-pyrrole nitrogens is 1. The van der Waals surface area contributed by atoms with Gasteiger partial charge in [-0.25, -0.2) is 9.97 Å². The third-order valence-electron chi connectivity index (χ3n) is 4.87. The number of carbonyl (C=O) groups excluding carboxylic acids is 1. The first-order valence-electron chi connectivity index (χ1n) is 8.08. The number of nitrogens with one attached hydrogen (secondary N) is 1. The van der Waals surface area contributed by atoms with E-state index in [9.17, 15) is 4.79 Å². The smallest absolute Gasteiger partial charge is 0.227 e. The summed E-state index contributed by atoms with van der Waals surface area (Å²) < 4.78 is 0. The van der Waals surface area contributed by atoms with Crippen molar-refractivity contribution >= 4 is 16.9 Å². The highest BCUT2D eigenvalue weighted by Crippen LogP contribution is 2.24. The summed E-state index contributed by atoms with van der Waals surface area (Å²) in [4.78, 5) is 28.4. The van der Waals surface area contributed by atoms with E-state index in [-0.39, 0.29) is 5.92 Å². The number of amides is 1. The Morgan fingerprint density at radius 1 is 1.32 bits per heavy atom. The van der Waals surface area contributed by atoms with Crippen molar-refractivity contribution in [2.75, 3.05) is 26.2 Å². The standard InChI is InChI=1S/C16H21N5O/c22-16(21-4-1-2-5-21)12-3-6-20(9-12)10-13-7-18-15-14(13)8-17-11-19-15/h7-8,11-12H,1-6,9-10H2,(H,17,18,19). The topological polar surface area (TPSA) is 65.1 Å². The number of rotatable bonds is 3. The quantitative estimate of drug-likeness (QED) is 0.930. The number of fused-ring (bicyclic) bond motifs is 1. The summed E-state index contributed by atoms with van der Waals surface area (Å²) in [6.07, 6.45) is 8.73. The molecule has 6 nitrogen and oxygen atoms in total. The summed E-state index contributed by atoms with van der Waals surface area (Å²) in [5.74, 6) is 0.543. The predicted molar refractivity (Wildman–Crippen MR) is 83.1 cm³/mol. The molecule has 2 aromatic rings. The molecule has 2 fully saturated rings. The molecule has 6 heteroatoms. The molecule has 4 rings (SSSR count). The number of carbonyl (C=O) groups is 1. The third kappa shape index (κ3) is 2.47. The molecule has 0 saturated carbocycles. The van der Waals surface area contributed by atoms with Crippen molar-refractivity contribution in [1.29, 1.82) is 0 Å². The van der Waals surface area contributed by atoms with Gasteiger partial charge >= 0.3 is 0 Å². The van der Waals surface area contributed by atoms with Gasteiger partial charge in [-0.15, -0.1) is 0 Å². The van der Waals surface area contributed by atoms with Crippen molar-refractivity contribution in [2.24, 2.45) is 5.92 Å². The van der Waals surface area contributed by atoms with Crippen molar-refractivity contribution in [1.82, 2.24) is 24.8 Å². The number of hydrogen-bond acceptors (Lipinski definition) is 4. The first-order valence-corrected chi connectivity index (χ1v) is 8.08. The molecule has 2 aliphatic heterocycles. The van der Waals surface area contributed by atoms with E-state index in [1.165, 1.54) is 5.56 Å². The molecular weight excluding hydrogens is 278 g/mol. The van der Waals surface area contributed by atoms with Crippen LogP contribution < -0.4 is 0 Å². The summed E-state index contributed by atoms with van der Waals surface area (Å²) in [6.45, 7) is 4.63. The molecule has 1 N–H and O–H groups in total. The van der Waals surface area contributed by atoms with Crippen LogP contribution in [0.15, 0.2) is 18.7 Å². The number of aromatic amines is 1. The van der Waals surface area contributed by atoms with Gasteiger partial charge in [0.2, 0.25) is 5.91 Å². The molecule has 22 heavy (non-hydrogen) atoms. The molecule has 1 atom stereocenters. The van der Waals surface area contributed by atoms with E-state index in [4.69, 9.17) is 0 Å². The summed E-state index contributed by atoms with van der Waals surface area (Å²) >= 11 is 0. The fraction of sp³-hybridized carbons (Fsp3) is 0.562. The normalized spacial score (nSPS) is 22.7. The first-order chi connectivity index (χ1) is 10.8. The van der Waals surface area contributed by atoms with Crippen LogP contribution in [-0.2, 0) is 11.3 Å². The van der Waals surface area contributed by atoms with Gasteiger partial charge in [-0.05, 0) is 31.4 Å². The number of aromatic nitrogens is 3. The zero-order valence-corrected chi connectivity index (χ0v) is 12.7. The van der Waals surface area contributed by atoms with E-state index < -0.39 is 0 Å². The van der Waals surface area contributed by atoms with E-state index in [0.717, 1.165) is 63.0 Å². The van der Waals surface area contributed by atoms with Crippen LogP contribution in [0.25, 0.3) is 11.0 Å². The Morgan fingerprint density at radius 3 is 3.05 bits per heavy atom. The van der Waals surface area contributed by atoms with Gasteiger partial charge in [-0.3, -0.25) is 9.69 Å². The monoisotopic (exact) mass is 299 g/mol. The Kier molecular flexibility index (Phi) is 3.54. The fourth-order valence-corrected chi connectivity index (χ4v) is 3.66. The highest BCUT2D eigenvalue weighted by Gasteiger charge is 2.32. The molecule has 1 unspecified atom stereocenters. The molecule has 0 spiro atoms. The lowest BCUT2D eigenvalue weighted by atomic mass is 10.1. The summed E-state index contributed by atoms with van der Waals surface area (Å²) in [5.41, 5.74) is 2.10. The second-order valence-electron chi connectivity index (χ2n) is 6.35. The summed E-state index contributed by atoms with van der Waals surface area (Å²) in [7, 11) is 0. The molecule has 0 aromatic carbocycles. The molecule has 4 heterocycles. The van der Waals surface area contributed by atoms with Gasteiger partial charge in [0.05, 0.1) is 5.92 Å². The van der Waals surface area contributed by atoms with Crippen molar-refractivity contribution in [3.63, 3.8) is 0 Å². The molecule has 2 aliphatic rings.